The molecule has 0 unspecified atom stereocenters. The van der Waals surface area contributed by atoms with Crippen molar-refractivity contribution in [2.24, 2.45) is 0 Å². The Morgan fingerprint density at radius 1 is 1.37 bits per heavy atom. The number of rotatable bonds is 1. The predicted octanol–water partition coefficient (Wildman–Crippen LogP) is 2.17. The molecule has 0 aliphatic carbocycles. The molecule has 1 aromatic carbocycles. The number of hydrogen-bond acceptors (Lipinski definition) is 3. The third kappa shape index (κ3) is 1.69. The van der Waals surface area contributed by atoms with E-state index in [9.17, 15) is 4.79 Å². The van der Waals surface area contributed by atoms with E-state index in [2.05, 4.69) is 16.0 Å². The quantitative estimate of drug-likeness (QED) is 0.721. The van der Waals surface area contributed by atoms with Gasteiger partial charge in [-0.1, -0.05) is 13.8 Å². The van der Waals surface area contributed by atoms with Crippen LogP contribution in [0.25, 0.3) is 16.8 Å². The van der Waals surface area contributed by atoms with E-state index >= 15 is 0 Å². The number of benzene rings is 1. The third-order valence-electron chi connectivity index (χ3n) is 3.16. The van der Waals surface area contributed by atoms with Gasteiger partial charge in [0.2, 0.25) is 5.78 Å². The molecule has 94 valence electrons. The molecule has 0 radical (unpaired) electrons. The van der Waals surface area contributed by atoms with Crippen LogP contribution in [-0.2, 0) is 0 Å². The van der Waals surface area contributed by atoms with Crippen LogP contribution in [0, 0.1) is 11.3 Å². The normalized spacial score (nSPS) is 11.3. The van der Waals surface area contributed by atoms with E-state index in [0.29, 0.717) is 22.4 Å². The van der Waals surface area contributed by atoms with Crippen molar-refractivity contribution in [2.75, 3.05) is 0 Å². The molecule has 3 rings (SSSR count). The van der Waals surface area contributed by atoms with Crippen LogP contribution in [-0.4, -0.2) is 14.4 Å². The van der Waals surface area contributed by atoms with E-state index in [1.165, 1.54) is 4.40 Å². The fourth-order valence-corrected chi connectivity index (χ4v) is 2.13. The van der Waals surface area contributed by atoms with Crippen LogP contribution in [0.4, 0.5) is 0 Å². The Kier molecular flexibility index (Phi) is 2.39. The van der Waals surface area contributed by atoms with Crippen LogP contribution in [0.3, 0.4) is 0 Å². The summed E-state index contributed by atoms with van der Waals surface area (Å²) in [4.78, 5) is 19.8. The summed E-state index contributed by atoms with van der Waals surface area (Å²) in [5.74, 6) is 0.744. The molecule has 0 bridgehead atoms. The second-order valence-electron chi connectivity index (χ2n) is 4.80. The zero-order valence-electron chi connectivity index (χ0n) is 10.6. The minimum Gasteiger partial charge on any atom is -0.328 e. The fraction of sp³-hybridized carbons (Fsp3) is 0.214. The van der Waals surface area contributed by atoms with Gasteiger partial charge in [0, 0.05) is 11.8 Å². The van der Waals surface area contributed by atoms with Crippen LogP contribution in [0.5, 0.6) is 0 Å². The van der Waals surface area contributed by atoms with Crippen molar-refractivity contribution in [3.8, 4) is 6.07 Å². The Bertz CT molecular complexity index is 880. The van der Waals surface area contributed by atoms with Gasteiger partial charge in [0.1, 0.15) is 0 Å². The van der Waals surface area contributed by atoms with Crippen LogP contribution < -0.4 is 5.56 Å². The summed E-state index contributed by atoms with van der Waals surface area (Å²) in [6.45, 7) is 4.02. The molecular formula is C14H12N4O. The van der Waals surface area contributed by atoms with E-state index < -0.39 is 0 Å². The Morgan fingerprint density at radius 2 is 2.16 bits per heavy atom. The first kappa shape index (κ1) is 11.5. The summed E-state index contributed by atoms with van der Waals surface area (Å²) in [6.07, 6.45) is 0. The van der Waals surface area contributed by atoms with Gasteiger partial charge in [-0.3, -0.25) is 4.79 Å². The number of fused-ring (bicyclic) bond motifs is 3. The average Bonchev–Trinajstić information content (AvgIpc) is 2.76. The highest BCUT2D eigenvalue weighted by molar-refractivity contribution is 5.80. The Hall–Kier alpha value is -2.61. The van der Waals surface area contributed by atoms with Crippen molar-refractivity contribution in [1.29, 1.82) is 5.26 Å². The SMILES string of the molecule is CC(C)c1cc(=O)n2c(nc3ccc(C#N)cc32)[nH]1. The zero-order chi connectivity index (χ0) is 13.6. The summed E-state index contributed by atoms with van der Waals surface area (Å²) in [7, 11) is 0. The molecule has 0 saturated carbocycles. The van der Waals surface area contributed by atoms with Gasteiger partial charge in [0.15, 0.2) is 0 Å². The molecule has 0 saturated heterocycles. The number of aromatic nitrogens is 3. The molecule has 3 aromatic rings. The molecule has 2 heterocycles. The van der Waals surface area contributed by atoms with Gasteiger partial charge in [0.05, 0.1) is 22.7 Å². The van der Waals surface area contributed by atoms with E-state index in [-0.39, 0.29) is 11.5 Å². The lowest BCUT2D eigenvalue weighted by Gasteiger charge is -2.05. The van der Waals surface area contributed by atoms with Gasteiger partial charge < -0.3 is 4.98 Å². The first-order valence-electron chi connectivity index (χ1n) is 6.05. The number of nitriles is 1. The highest BCUT2D eigenvalue weighted by Gasteiger charge is 2.11. The molecule has 2 aromatic heterocycles. The molecule has 0 aliphatic heterocycles. The molecule has 5 heteroatoms. The molecule has 19 heavy (non-hydrogen) atoms. The highest BCUT2D eigenvalue weighted by atomic mass is 16.1. The Labute approximate surface area is 109 Å². The second kappa shape index (κ2) is 3.95. The third-order valence-corrected chi connectivity index (χ3v) is 3.16. The van der Waals surface area contributed by atoms with Crippen molar-refractivity contribution in [2.45, 2.75) is 19.8 Å². The zero-order valence-corrected chi connectivity index (χ0v) is 10.6. The largest absolute Gasteiger partial charge is 0.328 e. The van der Waals surface area contributed by atoms with Crippen molar-refractivity contribution in [1.82, 2.24) is 14.4 Å². The Morgan fingerprint density at radius 3 is 2.84 bits per heavy atom. The maximum absolute atomic E-state index is 12.2. The van der Waals surface area contributed by atoms with E-state index in [4.69, 9.17) is 5.26 Å². The first-order chi connectivity index (χ1) is 9.10. The van der Waals surface area contributed by atoms with Crippen LogP contribution in [0.15, 0.2) is 29.1 Å². The lowest BCUT2D eigenvalue weighted by molar-refractivity contribution is 0.812. The van der Waals surface area contributed by atoms with Crippen molar-refractivity contribution < 1.29 is 0 Å². The minimum absolute atomic E-state index is 0.130. The van der Waals surface area contributed by atoms with Crippen molar-refractivity contribution >= 4 is 16.8 Å². The number of nitrogens with zero attached hydrogens (tertiary/aromatic N) is 3. The fourth-order valence-electron chi connectivity index (χ4n) is 2.13. The van der Waals surface area contributed by atoms with Crippen molar-refractivity contribution in [3.63, 3.8) is 0 Å². The standard InChI is InChI=1S/C14H12N4O/c1-8(2)11-6-13(19)18-12-5-9(7-15)3-4-10(12)16-14(18)17-11/h3-6,8H,1-2H3,(H,16,17). The minimum atomic E-state index is -0.130. The second-order valence-corrected chi connectivity index (χ2v) is 4.80. The molecular weight excluding hydrogens is 240 g/mol. The van der Waals surface area contributed by atoms with Crippen LogP contribution in [0.1, 0.15) is 31.0 Å². The van der Waals surface area contributed by atoms with Gasteiger partial charge in [-0.25, -0.2) is 9.38 Å². The Balaban J connectivity index is 2.45. The summed E-state index contributed by atoms with van der Waals surface area (Å²) in [6, 6.07) is 8.78. The van der Waals surface area contributed by atoms with Gasteiger partial charge in [-0.2, -0.15) is 5.26 Å². The number of hydrogen-bond donors (Lipinski definition) is 1. The number of H-pyrrole nitrogens is 1. The van der Waals surface area contributed by atoms with Gasteiger partial charge in [-0.05, 0) is 24.1 Å². The molecule has 0 aliphatic rings. The van der Waals surface area contributed by atoms with E-state index in [1.54, 1.807) is 24.3 Å². The smallest absolute Gasteiger partial charge is 0.259 e. The highest BCUT2D eigenvalue weighted by Crippen LogP contribution is 2.17. The number of aromatic amines is 1. The number of imidazole rings is 1. The lowest BCUT2D eigenvalue weighted by atomic mass is 10.1. The molecule has 5 nitrogen and oxygen atoms in total. The predicted molar refractivity (Wildman–Crippen MR) is 72.1 cm³/mol. The summed E-state index contributed by atoms with van der Waals surface area (Å²) >= 11 is 0. The van der Waals surface area contributed by atoms with Gasteiger partial charge in [-0.15, -0.1) is 0 Å². The molecule has 0 fully saturated rings. The molecule has 1 N–H and O–H groups in total. The van der Waals surface area contributed by atoms with Gasteiger partial charge in [0.25, 0.3) is 5.56 Å². The molecule has 0 atom stereocenters. The van der Waals surface area contributed by atoms with Crippen LogP contribution in [0.2, 0.25) is 0 Å². The van der Waals surface area contributed by atoms with Gasteiger partial charge >= 0.3 is 0 Å². The van der Waals surface area contributed by atoms with Crippen LogP contribution >= 0.6 is 0 Å². The summed E-state index contributed by atoms with van der Waals surface area (Å²) < 4.78 is 1.50. The van der Waals surface area contributed by atoms with E-state index in [0.717, 1.165) is 5.69 Å². The lowest BCUT2D eigenvalue weighted by Crippen LogP contribution is -2.14. The first-order valence-corrected chi connectivity index (χ1v) is 6.05. The molecule has 0 amide bonds. The molecule has 0 spiro atoms. The summed E-state index contributed by atoms with van der Waals surface area (Å²) in [5.41, 5.74) is 2.60. The summed E-state index contributed by atoms with van der Waals surface area (Å²) in [5, 5.41) is 8.93. The van der Waals surface area contributed by atoms with Crippen molar-refractivity contribution in [3.05, 3.63) is 45.9 Å². The topological polar surface area (TPSA) is 74.0 Å². The monoisotopic (exact) mass is 252 g/mol. The maximum Gasteiger partial charge on any atom is 0.259 e. The number of nitrogens with one attached hydrogen (secondary N) is 1. The average molecular weight is 252 g/mol. The van der Waals surface area contributed by atoms with E-state index in [1.807, 2.05) is 13.8 Å². The maximum atomic E-state index is 12.2.